The maximum atomic E-state index is 14.3. The van der Waals surface area contributed by atoms with E-state index in [0.717, 1.165) is 11.1 Å². The van der Waals surface area contributed by atoms with Gasteiger partial charge in [-0.3, -0.25) is 38.5 Å². The van der Waals surface area contributed by atoms with Gasteiger partial charge in [0.25, 0.3) is 11.8 Å². The van der Waals surface area contributed by atoms with Gasteiger partial charge in [0.2, 0.25) is 29.5 Å². The molecule has 0 saturated carbocycles. The summed E-state index contributed by atoms with van der Waals surface area (Å²) in [6, 6.07) is 13.6. The topological polar surface area (TPSA) is 224 Å². The zero-order valence-corrected chi connectivity index (χ0v) is 42.4. The van der Waals surface area contributed by atoms with Gasteiger partial charge in [-0.2, -0.15) is 0 Å². The summed E-state index contributed by atoms with van der Waals surface area (Å²) >= 11 is 0. The van der Waals surface area contributed by atoms with Gasteiger partial charge < -0.3 is 45.2 Å². The molecule has 0 aromatic heterocycles. The molecule has 18 nitrogen and oxygen atoms in total. The highest BCUT2D eigenvalue weighted by Gasteiger charge is 2.43. The zero-order valence-electron chi connectivity index (χ0n) is 42.4. The number of benzene rings is 2. The van der Waals surface area contributed by atoms with E-state index in [2.05, 4.69) is 16.0 Å². The van der Waals surface area contributed by atoms with Crippen LogP contribution in [0.2, 0.25) is 0 Å². The molecule has 8 amide bonds. The van der Waals surface area contributed by atoms with Gasteiger partial charge in [-0.05, 0) is 60.8 Å². The summed E-state index contributed by atoms with van der Waals surface area (Å²) in [4.78, 5) is 110. The number of carboxylic acid groups (broad SMARTS) is 1. The van der Waals surface area contributed by atoms with Gasteiger partial charge in [0.15, 0.2) is 0 Å². The van der Waals surface area contributed by atoms with Crippen LogP contribution in [0.3, 0.4) is 0 Å². The SMILES string of the molecule is CC[C@H](C)[C@@H]([C@@H](CC(=O)N1CCCC1[C@H](OC)[C@@H](C)C(=O)NC(Cc1ccccc1)C(=O)N(C)c1ccc(CNC(=O)CCCCCN2C(=O)C=CC2=O)cc1)OC)N(C)C(=O)C(NC(=O)O)C(C)C. The van der Waals surface area contributed by atoms with Gasteiger partial charge in [0.1, 0.15) is 12.1 Å². The Morgan fingerprint density at radius 1 is 0.829 bits per heavy atom. The molecule has 0 aliphatic carbocycles. The summed E-state index contributed by atoms with van der Waals surface area (Å²) in [5.74, 6) is -3.40. The Bertz CT molecular complexity index is 2120. The fourth-order valence-electron chi connectivity index (χ4n) is 9.40. The summed E-state index contributed by atoms with van der Waals surface area (Å²) in [5.41, 5.74) is 2.25. The predicted octanol–water partition coefficient (Wildman–Crippen LogP) is 4.69. The number of hydrogen-bond donors (Lipinski definition) is 4. The summed E-state index contributed by atoms with van der Waals surface area (Å²) in [7, 11) is 6.25. The molecule has 0 radical (unpaired) electrons. The standard InChI is InChI=1S/C52H75N7O11/c1-10-34(4)47(57(7)51(66)46(33(2)3)55-52(67)68)41(69-8)31-45(63)58-29-17-20-40(58)48(70-9)35(5)49(64)54-39(30-36-18-13-11-14-19-36)50(65)56(6)38-24-22-37(23-25-38)32-53-42(60)21-15-12-16-28-59-43(61)26-27-44(59)62/h11,13-14,18-19,22-27,33-35,39-41,46-48,55H,10,12,15-17,20-21,28-32H2,1-9H3,(H,53,60)(H,54,64)(H,67,68)/t34-,35+,39?,40?,41+,46?,47-,48+/m0/s1. The number of amides is 8. The number of hydrogen-bond acceptors (Lipinski definition) is 10. The summed E-state index contributed by atoms with van der Waals surface area (Å²) in [5, 5.41) is 17.7. The number of carbonyl (C=O) groups is 8. The minimum atomic E-state index is -1.31. The molecule has 8 atom stereocenters. The van der Waals surface area contributed by atoms with Crippen LogP contribution < -0.4 is 20.9 Å². The number of likely N-dealkylation sites (N-methyl/N-ethyl adjacent to an activating group) is 2. The Balaban J connectivity index is 1.40. The normalized spacial score (nSPS) is 17.6. The van der Waals surface area contributed by atoms with Crippen molar-refractivity contribution in [2.24, 2.45) is 17.8 Å². The Kier molecular flexibility index (Phi) is 22.0. The molecule has 0 spiro atoms. The van der Waals surface area contributed by atoms with Crippen molar-refractivity contribution >= 4 is 53.1 Å². The van der Waals surface area contributed by atoms with Crippen LogP contribution in [-0.2, 0) is 56.0 Å². The van der Waals surface area contributed by atoms with Gasteiger partial charge in [0, 0.05) is 78.6 Å². The minimum absolute atomic E-state index is 0.0698. The van der Waals surface area contributed by atoms with Crippen molar-refractivity contribution in [2.45, 2.75) is 135 Å². The van der Waals surface area contributed by atoms with E-state index in [1.165, 1.54) is 41.1 Å². The van der Waals surface area contributed by atoms with Gasteiger partial charge in [0.05, 0.1) is 36.6 Å². The van der Waals surface area contributed by atoms with Crippen LogP contribution in [0.5, 0.6) is 0 Å². The third-order valence-electron chi connectivity index (χ3n) is 13.7. The Morgan fingerprint density at radius 2 is 1.49 bits per heavy atom. The van der Waals surface area contributed by atoms with E-state index in [0.29, 0.717) is 63.7 Å². The van der Waals surface area contributed by atoms with E-state index in [9.17, 15) is 43.5 Å². The Hall–Kier alpha value is -6.14. The Labute approximate surface area is 412 Å². The predicted molar refractivity (Wildman–Crippen MR) is 264 cm³/mol. The summed E-state index contributed by atoms with van der Waals surface area (Å²) in [6.07, 6.45) is 4.02. The van der Waals surface area contributed by atoms with E-state index >= 15 is 0 Å². The molecular weight excluding hydrogens is 899 g/mol. The van der Waals surface area contributed by atoms with Crippen molar-refractivity contribution in [3.63, 3.8) is 0 Å². The molecule has 2 aromatic rings. The number of nitrogens with one attached hydrogen (secondary N) is 3. The Morgan fingerprint density at radius 3 is 2.07 bits per heavy atom. The first kappa shape index (κ1) is 56.4. The highest BCUT2D eigenvalue weighted by molar-refractivity contribution is 6.12. The van der Waals surface area contributed by atoms with E-state index in [4.69, 9.17) is 9.47 Å². The highest BCUT2D eigenvalue weighted by atomic mass is 16.5. The number of anilines is 1. The monoisotopic (exact) mass is 974 g/mol. The smallest absolute Gasteiger partial charge is 0.405 e. The van der Waals surface area contributed by atoms with Crippen LogP contribution in [0, 0.1) is 17.8 Å². The lowest BCUT2D eigenvalue weighted by molar-refractivity contribution is -0.147. The molecule has 0 bridgehead atoms. The molecule has 2 aliphatic rings. The van der Waals surface area contributed by atoms with E-state index in [-0.39, 0.29) is 60.8 Å². The number of methoxy groups -OCH3 is 2. The first-order valence-corrected chi connectivity index (χ1v) is 24.4. The third kappa shape index (κ3) is 15.4. The van der Waals surface area contributed by atoms with E-state index in [1.54, 1.807) is 51.9 Å². The minimum Gasteiger partial charge on any atom is -0.465 e. The molecule has 18 heteroatoms. The van der Waals surface area contributed by atoms with Gasteiger partial charge >= 0.3 is 6.09 Å². The van der Waals surface area contributed by atoms with E-state index in [1.807, 2.05) is 56.3 Å². The lowest BCUT2D eigenvalue weighted by Crippen LogP contribution is -2.57. The lowest BCUT2D eigenvalue weighted by Gasteiger charge is -2.40. The van der Waals surface area contributed by atoms with Crippen LogP contribution >= 0.6 is 0 Å². The molecule has 2 aliphatic heterocycles. The first-order valence-electron chi connectivity index (χ1n) is 24.4. The lowest BCUT2D eigenvalue weighted by atomic mass is 9.89. The van der Waals surface area contributed by atoms with Crippen molar-refractivity contribution in [3.05, 3.63) is 77.9 Å². The van der Waals surface area contributed by atoms with E-state index < -0.39 is 60.2 Å². The number of carbonyl (C=O) groups excluding carboxylic acids is 7. The maximum absolute atomic E-state index is 14.3. The number of rotatable bonds is 27. The molecule has 4 rings (SSSR count). The maximum Gasteiger partial charge on any atom is 0.405 e. The van der Waals surface area contributed by atoms with Crippen molar-refractivity contribution in [3.8, 4) is 0 Å². The highest BCUT2D eigenvalue weighted by Crippen LogP contribution is 2.30. The largest absolute Gasteiger partial charge is 0.465 e. The summed E-state index contributed by atoms with van der Waals surface area (Å²) < 4.78 is 12.0. The molecule has 384 valence electrons. The molecule has 2 heterocycles. The molecule has 4 N–H and O–H groups in total. The second-order valence-corrected chi connectivity index (χ2v) is 18.8. The fourth-order valence-corrected chi connectivity index (χ4v) is 9.40. The van der Waals surface area contributed by atoms with Crippen molar-refractivity contribution in [2.75, 3.05) is 46.3 Å². The van der Waals surface area contributed by atoms with Crippen molar-refractivity contribution in [1.29, 1.82) is 0 Å². The molecule has 70 heavy (non-hydrogen) atoms. The number of likely N-dealkylation sites (tertiary alicyclic amines) is 1. The van der Waals surface area contributed by atoms with Crippen LogP contribution in [0.25, 0.3) is 0 Å². The van der Waals surface area contributed by atoms with Crippen LogP contribution in [0.15, 0.2) is 66.7 Å². The second kappa shape index (κ2) is 27.3. The molecule has 1 fully saturated rings. The zero-order chi connectivity index (χ0) is 51.7. The van der Waals surface area contributed by atoms with Crippen LogP contribution in [0.4, 0.5) is 10.5 Å². The average molecular weight is 974 g/mol. The average Bonchev–Trinajstić information content (AvgIpc) is 3.96. The first-order chi connectivity index (χ1) is 33.3. The third-order valence-corrected chi connectivity index (χ3v) is 13.7. The quantitative estimate of drug-likeness (QED) is 0.0710. The van der Waals surface area contributed by atoms with Crippen molar-refractivity contribution < 1.29 is 52.9 Å². The number of imide groups is 1. The number of nitrogens with zero attached hydrogens (tertiary/aromatic N) is 4. The number of ether oxygens (including phenoxy) is 2. The van der Waals surface area contributed by atoms with Crippen LogP contribution in [0.1, 0.15) is 97.1 Å². The fraction of sp³-hybridized carbons (Fsp3) is 0.577. The second-order valence-electron chi connectivity index (χ2n) is 18.8. The van der Waals surface area contributed by atoms with Crippen molar-refractivity contribution in [1.82, 2.24) is 30.7 Å². The molecule has 2 aromatic carbocycles. The molecule has 3 unspecified atom stereocenters. The van der Waals surface area contributed by atoms with Crippen LogP contribution in [-0.4, -0.2) is 145 Å². The molecule has 1 saturated heterocycles. The van der Waals surface area contributed by atoms with Gasteiger partial charge in [-0.15, -0.1) is 0 Å². The summed E-state index contributed by atoms with van der Waals surface area (Å²) in [6.45, 7) is 10.2. The van der Waals surface area contributed by atoms with Gasteiger partial charge in [-0.1, -0.05) is 89.9 Å². The molecular formula is C52H75N7O11. The van der Waals surface area contributed by atoms with Gasteiger partial charge in [-0.25, -0.2) is 4.79 Å². The number of unbranched alkanes of at least 4 members (excludes halogenated alkanes) is 2.